The number of likely N-dealkylation sites (tertiary alicyclic amines) is 1. The Hall–Kier alpha value is -0.810. The maximum atomic E-state index is 4.76. The van der Waals surface area contributed by atoms with E-state index in [0.717, 1.165) is 45.1 Å². The standard InChI is InChI=1S/C18H39N5/c1-6-19-18(20-12-9-13-22(7-2)8-3)21-17-10-14-23(15-11-17)16(4)5/h16-17H,6-15H2,1-5H3,(H2,19,20,21). The molecule has 0 amide bonds. The first kappa shape index (κ1) is 20.2. The van der Waals surface area contributed by atoms with Gasteiger partial charge in [0, 0.05) is 38.3 Å². The zero-order valence-corrected chi connectivity index (χ0v) is 16.1. The Morgan fingerprint density at radius 3 is 2.35 bits per heavy atom. The van der Waals surface area contributed by atoms with Crippen LogP contribution in [0.25, 0.3) is 0 Å². The van der Waals surface area contributed by atoms with E-state index in [1.165, 1.54) is 25.9 Å². The summed E-state index contributed by atoms with van der Waals surface area (Å²) in [6.45, 7) is 18.8. The van der Waals surface area contributed by atoms with Crippen molar-refractivity contribution in [1.29, 1.82) is 0 Å². The van der Waals surface area contributed by atoms with Crippen molar-refractivity contribution in [3.8, 4) is 0 Å². The van der Waals surface area contributed by atoms with Gasteiger partial charge >= 0.3 is 0 Å². The Morgan fingerprint density at radius 2 is 1.83 bits per heavy atom. The molecule has 1 rings (SSSR count). The zero-order chi connectivity index (χ0) is 17.1. The topological polar surface area (TPSA) is 42.9 Å². The molecule has 1 aliphatic heterocycles. The Morgan fingerprint density at radius 1 is 1.17 bits per heavy atom. The summed E-state index contributed by atoms with van der Waals surface area (Å²) < 4.78 is 0. The Labute approximate surface area is 143 Å². The summed E-state index contributed by atoms with van der Waals surface area (Å²) >= 11 is 0. The van der Waals surface area contributed by atoms with Crippen molar-refractivity contribution < 1.29 is 0 Å². The Bertz CT molecular complexity index is 317. The average molecular weight is 326 g/mol. The van der Waals surface area contributed by atoms with Gasteiger partial charge in [-0.2, -0.15) is 0 Å². The van der Waals surface area contributed by atoms with Gasteiger partial charge in [0.1, 0.15) is 0 Å². The monoisotopic (exact) mass is 325 g/mol. The van der Waals surface area contributed by atoms with Crippen LogP contribution in [0.5, 0.6) is 0 Å². The molecule has 0 spiro atoms. The summed E-state index contributed by atoms with van der Waals surface area (Å²) in [5, 5.41) is 7.02. The molecule has 0 aromatic heterocycles. The molecule has 136 valence electrons. The number of rotatable bonds is 9. The molecule has 0 unspecified atom stereocenters. The number of piperidine rings is 1. The molecule has 0 bridgehead atoms. The number of hydrogen-bond acceptors (Lipinski definition) is 3. The summed E-state index contributed by atoms with van der Waals surface area (Å²) in [5.41, 5.74) is 0. The lowest BCUT2D eigenvalue weighted by Crippen LogP contribution is -2.49. The number of hydrogen-bond donors (Lipinski definition) is 2. The van der Waals surface area contributed by atoms with E-state index in [0.29, 0.717) is 12.1 Å². The molecule has 23 heavy (non-hydrogen) atoms. The summed E-state index contributed by atoms with van der Waals surface area (Å²) in [6.07, 6.45) is 3.55. The fraction of sp³-hybridized carbons (Fsp3) is 0.944. The first-order valence-corrected chi connectivity index (χ1v) is 9.61. The fourth-order valence-corrected chi connectivity index (χ4v) is 3.10. The molecule has 0 saturated carbocycles. The van der Waals surface area contributed by atoms with Gasteiger partial charge in [-0.15, -0.1) is 0 Å². The van der Waals surface area contributed by atoms with Gasteiger partial charge < -0.3 is 20.4 Å². The molecule has 1 aliphatic rings. The predicted molar refractivity (Wildman–Crippen MR) is 101 cm³/mol. The van der Waals surface area contributed by atoms with Crippen LogP contribution in [-0.2, 0) is 0 Å². The number of aliphatic imine (C=N–C) groups is 1. The van der Waals surface area contributed by atoms with Crippen LogP contribution < -0.4 is 10.6 Å². The van der Waals surface area contributed by atoms with E-state index in [1.54, 1.807) is 0 Å². The molecule has 0 aliphatic carbocycles. The van der Waals surface area contributed by atoms with E-state index in [4.69, 9.17) is 4.99 Å². The molecule has 0 radical (unpaired) electrons. The van der Waals surface area contributed by atoms with E-state index >= 15 is 0 Å². The lowest BCUT2D eigenvalue weighted by Gasteiger charge is -2.35. The molecular weight excluding hydrogens is 286 g/mol. The average Bonchev–Trinajstić information content (AvgIpc) is 2.55. The highest BCUT2D eigenvalue weighted by Crippen LogP contribution is 2.12. The van der Waals surface area contributed by atoms with Crippen molar-refractivity contribution in [2.45, 2.75) is 66.0 Å². The largest absolute Gasteiger partial charge is 0.357 e. The molecule has 2 N–H and O–H groups in total. The van der Waals surface area contributed by atoms with Crippen molar-refractivity contribution in [3.63, 3.8) is 0 Å². The van der Waals surface area contributed by atoms with Crippen LogP contribution in [0, 0.1) is 0 Å². The highest BCUT2D eigenvalue weighted by atomic mass is 15.2. The van der Waals surface area contributed by atoms with Crippen molar-refractivity contribution in [3.05, 3.63) is 0 Å². The van der Waals surface area contributed by atoms with Crippen LogP contribution in [0.3, 0.4) is 0 Å². The van der Waals surface area contributed by atoms with Gasteiger partial charge in [-0.05, 0) is 59.7 Å². The fourth-order valence-electron chi connectivity index (χ4n) is 3.10. The first-order chi connectivity index (χ1) is 11.1. The number of nitrogens with zero attached hydrogens (tertiary/aromatic N) is 3. The van der Waals surface area contributed by atoms with Gasteiger partial charge in [-0.25, -0.2) is 0 Å². The summed E-state index contributed by atoms with van der Waals surface area (Å²) in [7, 11) is 0. The van der Waals surface area contributed by atoms with Crippen LogP contribution in [0.1, 0.15) is 53.9 Å². The zero-order valence-electron chi connectivity index (χ0n) is 16.1. The Kier molecular flexibility index (Phi) is 10.3. The third kappa shape index (κ3) is 8.02. The summed E-state index contributed by atoms with van der Waals surface area (Å²) in [4.78, 5) is 9.77. The Balaban J connectivity index is 2.35. The second kappa shape index (κ2) is 11.7. The normalized spacial score (nSPS) is 18.0. The lowest BCUT2D eigenvalue weighted by molar-refractivity contribution is 0.167. The molecule has 1 heterocycles. The van der Waals surface area contributed by atoms with E-state index in [9.17, 15) is 0 Å². The second-order valence-corrected chi connectivity index (χ2v) is 6.69. The molecule has 5 heteroatoms. The number of nitrogens with one attached hydrogen (secondary N) is 2. The lowest BCUT2D eigenvalue weighted by atomic mass is 10.0. The van der Waals surface area contributed by atoms with Crippen molar-refractivity contribution in [2.24, 2.45) is 4.99 Å². The van der Waals surface area contributed by atoms with Gasteiger partial charge in [0.2, 0.25) is 0 Å². The molecule has 0 aromatic carbocycles. The minimum atomic E-state index is 0.561. The molecule has 5 nitrogen and oxygen atoms in total. The highest BCUT2D eigenvalue weighted by molar-refractivity contribution is 5.80. The summed E-state index contributed by atoms with van der Waals surface area (Å²) in [5.74, 6) is 0.995. The maximum Gasteiger partial charge on any atom is 0.191 e. The quantitative estimate of drug-likeness (QED) is 0.387. The summed E-state index contributed by atoms with van der Waals surface area (Å²) in [6, 6.07) is 1.23. The maximum absolute atomic E-state index is 4.76. The minimum Gasteiger partial charge on any atom is -0.357 e. The molecular formula is C18H39N5. The van der Waals surface area contributed by atoms with Crippen LogP contribution in [0.15, 0.2) is 4.99 Å². The molecule has 0 atom stereocenters. The van der Waals surface area contributed by atoms with Gasteiger partial charge in [-0.1, -0.05) is 13.8 Å². The van der Waals surface area contributed by atoms with Crippen LogP contribution in [-0.4, -0.2) is 73.7 Å². The van der Waals surface area contributed by atoms with Crippen molar-refractivity contribution in [2.75, 3.05) is 45.8 Å². The number of guanidine groups is 1. The molecule has 1 saturated heterocycles. The SMILES string of the molecule is CCNC(=NCCCN(CC)CC)NC1CCN(C(C)C)CC1. The third-order valence-electron chi connectivity index (χ3n) is 4.74. The van der Waals surface area contributed by atoms with E-state index < -0.39 is 0 Å². The predicted octanol–water partition coefficient (Wildman–Crippen LogP) is 2.15. The van der Waals surface area contributed by atoms with Gasteiger partial charge in [-0.3, -0.25) is 4.99 Å². The van der Waals surface area contributed by atoms with E-state index in [2.05, 4.69) is 55.1 Å². The van der Waals surface area contributed by atoms with E-state index in [1.807, 2.05) is 0 Å². The molecule has 0 aromatic rings. The van der Waals surface area contributed by atoms with Crippen molar-refractivity contribution >= 4 is 5.96 Å². The first-order valence-electron chi connectivity index (χ1n) is 9.61. The van der Waals surface area contributed by atoms with Crippen molar-refractivity contribution in [1.82, 2.24) is 20.4 Å². The van der Waals surface area contributed by atoms with E-state index in [-0.39, 0.29) is 0 Å². The van der Waals surface area contributed by atoms with Crippen LogP contribution in [0.2, 0.25) is 0 Å². The smallest absolute Gasteiger partial charge is 0.191 e. The van der Waals surface area contributed by atoms with Crippen LogP contribution in [0.4, 0.5) is 0 Å². The van der Waals surface area contributed by atoms with Gasteiger partial charge in [0.15, 0.2) is 5.96 Å². The molecule has 1 fully saturated rings. The highest BCUT2D eigenvalue weighted by Gasteiger charge is 2.21. The minimum absolute atomic E-state index is 0.561. The van der Waals surface area contributed by atoms with Crippen LogP contribution >= 0.6 is 0 Å². The second-order valence-electron chi connectivity index (χ2n) is 6.69. The van der Waals surface area contributed by atoms with Gasteiger partial charge in [0.05, 0.1) is 0 Å². The third-order valence-corrected chi connectivity index (χ3v) is 4.74. The van der Waals surface area contributed by atoms with Gasteiger partial charge in [0.25, 0.3) is 0 Å².